The van der Waals surface area contributed by atoms with E-state index in [2.05, 4.69) is 10.3 Å². The molecule has 1 N–H and O–H groups in total. The Kier molecular flexibility index (Phi) is 3.69. The monoisotopic (exact) mass is 296 g/mol. The van der Waals surface area contributed by atoms with Crippen molar-refractivity contribution in [2.24, 2.45) is 0 Å². The third kappa shape index (κ3) is 3.49. The summed E-state index contributed by atoms with van der Waals surface area (Å²) in [7, 11) is -2.91. The van der Waals surface area contributed by atoms with E-state index in [0.717, 1.165) is 11.4 Å². The largest absolute Gasteiger partial charge is 0.487 e. The Balaban J connectivity index is 1.70. The summed E-state index contributed by atoms with van der Waals surface area (Å²) in [5.74, 6) is 1.06. The van der Waals surface area contributed by atoms with Crippen molar-refractivity contribution in [2.45, 2.75) is 44.9 Å². The van der Waals surface area contributed by atoms with Crippen LogP contribution in [-0.2, 0) is 16.4 Å². The maximum Gasteiger partial charge on any atom is 0.154 e. The van der Waals surface area contributed by atoms with Gasteiger partial charge in [0.15, 0.2) is 9.84 Å². The van der Waals surface area contributed by atoms with Crippen LogP contribution in [0.3, 0.4) is 0 Å². The van der Waals surface area contributed by atoms with Gasteiger partial charge in [-0.15, -0.1) is 0 Å². The molecule has 6 heteroatoms. The second-order valence-corrected chi connectivity index (χ2v) is 7.92. The van der Waals surface area contributed by atoms with Gasteiger partial charge in [-0.3, -0.25) is 4.98 Å². The first-order valence-electron chi connectivity index (χ1n) is 7.09. The predicted molar refractivity (Wildman–Crippen MR) is 76.5 cm³/mol. The number of sulfone groups is 1. The fraction of sp³-hybridized carbons (Fsp3) is 0.643. The molecule has 2 heterocycles. The van der Waals surface area contributed by atoms with Gasteiger partial charge in [0.05, 0.1) is 17.2 Å². The van der Waals surface area contributed by atoms with Gasteiger partial charge >= 0.3 is 0 Å². The minimum atomic E-state index is -2.91. The summed E-state index contributed by atoms with van der Waals surface area (Å²) in [4.78, 5) is 4.51. The highest BCUT2D eigenvalue weighted by molar-refractivity contribution is 7.91. The number of pyridine rings is 1. The molecule has 3 rings (SSSR count). The molecule has 0 radical (unpaired) electrons. The van der Waals surface area contributed by atoms with Crippen LogP contribution in [-0.4, -0.2) is 37.1 Å². The molecule has 0 aromatic carbocycles. The average molecular weight is 296 g/mol. The van der Waals surface area contributed by atoms with Crippen LogP contribution >= 0.6 is 0 Å². The van der Waals surface area contributed by atoms with E-state index in [-0.39, 0.29) is 17.6 Å². The van der Waals surface area contributed by atoms with Gasteiger partial charge in [-0.2, -0.15) is 0 Å². The molecule has 1 saturated carbocycles. The quantitative estimate of drug-likeness (QED) is 0.884. The lowest BCUT2D eigenvalue weighted by atomic mass is 10.2. The molecule has 5 nitrogen and oxygen atoms in total. The van der Waals surface area contributed by atoms with E-state index < -0.39 is 9.84 Å². The minimum Gasteiger partial charge on any atom is -0.487 e. The molecular weight excluding hydrogens is 276 g/mol. The molecule has 1 atom stereocenters. The Labute approximate surface area is 119 Å². The van der Waals surface area contributed by atoms with Crippen LogP contribution in [0.15, 0.2) is 12.1 Å². The Bertz CT molecular complexity index is 596. The van der Waals surface area contributed by atoms with Crippen LogP contribution in [0.5, 0.6) is 5.75 Å². The van der Waals surface area contributed by atoms with E-state index in [4.69, 9.17) is 4.74 Å². The standard InChI is InChI=1S/C14H20N2O3S/c1-10-2-5-14(13(16-10)8-15-11-3-4-11)19-12-6-7-20(17,18)9-12/h2,5,11-12,15H,3-4,6-9H2,1H3. The molecule has 1 aliphatic heterocycles. The second-order valence-electron chi connectivity index (χ2n) is 5.70. The lowest BCUT2D eigenvalue weighted by molar-refractivity contribution is 0.225. The van der Waals surface area contributed by atoms with Gasteiger partial charge in [0.1, 0.15) is 11.9 Å². The minimum absolute atomic E-state index is 0.121. The summed E-state index contributed by atoms with van der Waals surface area (Å²) in [6.45, 7) is 2.63. The van der Waals surface area contributed by atoms with E-state index in [0.29, 0.717) is 24.8 Å². The summed E-state index contributed by atoms with van der Waals surface area (Å²) in [6, 6.07) is 4.41. The maximum absolute atomic E-state index is 11.5. The summed E-state index contributed by atoms with van der Waals surface area (Å²) in [5, 5.41) is 3.42. The van der Waals surface area contributed by atoms with Gasteiger partial charge < -0.3 is 10.1 Å². The first-order valence-corrected chi connectivity index (χ1v) is 8.91. The number of aromatic nitrogens is 1. The predicted octanol–water partition coefficient (Wildman–Crippen LogP) is 1.21. The van der Waals surface area contributed by atoms with Crippen molar-refractivity contribution in [2.75, 3.05) is 11.5 Å². The highest BCUT2D eigenvalue weighted by Gasteiger charge is 2.30. The zero-order valence-electron chi connectivity index (χ0n) is 11.6. The van der Waals surface area contributed by atoms with Gasteiger partial charge in [-0.1, -0.05) is 0 Å². The Morgan fingerprint density at radius 3 is 2.80 bits per heavy atom. The van der Waals surface area contributed by atoms with Crippen LogP contribution in [0.25, 0.3) is 0 Å². The molecule has 0 spiro atoms. The highest BCUT2D eigenvalue weighted by atomic mass is 32.2. The summed E-state index contributed by atoms with van der Waals surface area (Å²) >= 11 is 0. The lowest BCUT2D eigenvalue weighted by Crippen LogP contribution is -2.21. The molecule has 20 heavy (non-hydrogen) atoms. The van der Waals surface area contributed by atoms with E-state index in [1.165, 1.54) is 12.8 Å². The van der Waals surface area contributed by atoms with Crippen LogP contribution in [0, 0.1) is 6.92 Å². The number of nitrogens with one attached hydrogen (secondary N) is 1. The molecule has 2 fully saturated rings. The topological polar surface area (TPSA) is 68.3 Å². The fourth-order valence-corrected chi connectivity index (χ4v) is 3.98. The lowest BCUT2D eigenvalue weighted by Gasteiger charge is -2.16. The van der Waals surface area contributed by atoms with Crippen molar-refractivity contribution < 1.29 is 13.2 Å². The molecule has 0 amide bonds. The van der Waals surface area contributed by atoms with Crippen molar-refractivity contribution >= 4 is 9.84 Å². The maximum atomic E-state index is 11.5. The molecule has 0 bridgehead atoms. The number of rotatable bonds is 5. The molecule has 1 aromatic heterocycles. The highest BCUT2D eigenvalue weighted by Crippen LogP contribution is 2.25. The van der Waals surface area contributed by atoms with Crippen molar-refractivity contribution in [3.05, 3.63) is 23.5 Å². The number of hydrogen-bond acceptors (Lipinski definition) is 5. The first-order chi connectivity index (χ1) is 9.52. The van der Waals surface area contributed by atoms with Crippen LogP contribution in [0.4, 0.5) is 0 Å². The van der Waals surface area contributed by atoms with Crippen LogP contribution in [0.2, 0.25) is 0 Å². The second kappa shape index (κ2) is 5.33. The summed E-state index contributed by atoms with van der Waals surface area (Å²) < 4.78 is 28.8. The zero-order chi connectivity index (χ0) is 14.2. The van der Waals surface area contributed by atoms with E-state index in [1.807, 2.05) is 19.1 Å². The Morgan fingerprint density at radius 1 is 1.35 bits per heavy atom. The summed E-state index contributed by atoms with van der Waals surface area (Å²) in [5.41, 5.74) is 1.82. The van der Waals surface area contributed by atoms with Gasteiger partial charge in [0, 0.05) is 18.3 Å². The molecule has 2 aliphatic rings. The van der Waals surface area contributed by atoms with E-state index >= 15 is 0 Å². The van der Waals surface area contributed by atoms with Crippen molar-refractivity contribution in [3.8, 4) is 5.75 Å². The van der Waals surface area contributed by atoms with Gasteiger partial charge in [-0.05, 0) is 38.3 Å². The zero-order valence-corrected chi connectivity index (χ0v) is 12.4. The third-order valence-electron chi connectivity index (χ3n) is 3.69. The van der Waals surface area contributed by atoms with E-state index in [1.54, 1.807) is 0 Å². The van der Waals surface area contributed by atoms with E-state index in [9.17, 15) is 8.42 Å². The summed E-state index contributed by atoms with van der Waals surface area (Å²) in [6.07, 6.45) is 2.79. The average Bonchev–Trinajstić information content (AvgIpc) is 3.14. The number of aryl methyl sites for hydroxylation is 1. The molecule has 110 valence electrons. The Morgan fingerprint density at radius 2 is 2.15 bits per heavy atom. The number of nitrogens with zero attached hydrogens (tertiary/aromatic N) is 1. The molecule has 1 aromatic rings. The Hall–Kier alpha value is -1.14. The van der Waals surface area contributed by atoms with Crippen molar-refractivity contribution in [1.82, 2.24) is 10.3 Å². The fourth-order valence-electron chi connectivity index (χ4n) is 2.39. The van der Waals surface area contributed by atoms with Gasteiger partial charge in [0.2, 0.25) is 0 Å². The van der Waals surface area contributed by atoms with Gasteiger partial charge in [0.25, 0.3) is 0 Å². The van der Waals surface area contributed by atoms with Crippen molar-refractivity contribution in [3.63, 3.8) is 0 Å². The third-order valence-corrected chi connectivity index (χ3v) is 5.43. The first kappa shape index (κ1) is 13.8. The molecule has 1 aliphatic carbocycles. The smallest absolute Gasteiger partial charge is 0.154 e. The molecule has 1 unspecified atom stereocenters. The number of ether oxygens (including phenoxy) is 1. The van der Waals surface area contributed by atoms with Crippen LogP contribution < -0.4 is 10.1 Å². The van der Waals surface area contributed by atoms with Gasteiger partial charge in [-0.25, -0.2) is 8.42 Å². The van der Waals surface area contributed by atoms with Crippen LogP contribution in [0.1, 0.15) is 30.7 Å². The molecule has 1 saturated heterocycles. The number of hydrogen-bond donors (Lipinski definition) is 1. The SMILES string of the molecule is Cc1ccc(OC2CCS(=O)(=O)C2)c(CNC2CC2)n1. The molecular formula is C14H20N2O3S. The normalized spacial score (nSPS) is 24.8. The van der Waals surface area contributed by atoms with Crippen molar-refractivity contribution in [1.29, 1.82) is 0 Å².